The number of ketones is 1. The van der Waals surface area contributed by atoms with Crippen molar-refractivity contribution < 1.29 is 9.90 Å². The Hall–Kier alpha value is -1.15. The lowest BCUT2D eigenvalue weighted by atomic mass is 9.93. The lowest BCUT2D eigenvalue weighted by Crippen LogP contribution is -2.13. The standard InChI is InChI=1S/C13H18O2/c1-5-11(14)13(15)12-9(3)6-8(2)7-10(12)4/h6-7,13,15H,5H2,1-4H3. The zero-order valence-corrected chi connectivity index (χ0v) is 9.79. The van der Waals surface area contributed by atoms with Crippen molar-refractivity contribution in [3.05, 3.63) is 34.4 Å². The topological polar surface area (TPSA) is 37.3 Å². The van der Waals surface area contributed by atoms with E-state index in [1.54, 1.807) is 6.92 Å². The number of benzene rings is 1. The van der Waals surface area contributed by atoms with Gasteiger partial charge in [0, 0.05) is 6.42 Å². The highest BCUT2D eigenvalue weighted by molar-refractivity contribution is 5.84. The second-order valence-electron chi connectivity index (χ2n) is 4.03. The Morgan fingerprint density at radius 1 is 1.27 bits per heavy atom. The van der Waals surface area contributed by atoms with E-state index in [1.165, 1.54) is 0 Å². The van der Waals surface area contributed by atoms with Crippen molar-refractivity contribution in [1.29, 1.82) is 0 Å². The first-order valence-corrected chi connectivity index (χ1v) is 5.26. The van der Waals surface area contributed by atoms with Gasteiger partial charge in [0.15, 0.2) is 5.78 Å². The van der Waals surface area contributed by atoms with Crippen LogP contribution < -0.4 is 0 Å². The molecule has 0 heterocycles. The van der Waals surface area contributed by atoms with E-state index in [0.29, 0.717) is 6.42 Å². The van der Waals surface area contributed by atoms with Gasteiger partial charge in [0.2, 0.25) is 0 Å². The minimum atomic E-state index is -0.962. The Morgan fingerprint density at radius 3 is 2.13 bits per heavy atom. The Balaban J connectivity index is 3.19. The molecular weight excluding hydrogens is 188 g/mol. The largest absolute Gasteiger partial charge is 0.381 e. The molecule has 1 unspecified atom stereocenters. The van der Waals surface area contributed by atoms with Crippen molar-refractivity contribution in [2.45, 2.75) is 40.2 Å². The van der Waals surface area contributed by atoms with Gasteiger partial charge < -0.3 is 5.11 Å². The van der Waals surface area contributed by atoms with Gasteiger partial charge >= 0.3 is 0 Å². The number of Topliss-reactive ketones (excluding diaryl/α,β-unsaturated/α-hetero) is 1. The number of carbonyl (C=O) groups is 1. The molecule has 0 aliphatic rings. The van der Waals surface area contributed by atoms with Gasteiger partial charge in [-0.25, -0.2) is 0 Å². The van der Waals surface area contributed by atoms with E-state index in [0.717, 1.165) is 22.3 Å². The summed E-state index contributed by atoms with van der Waals surface area (Å²) < 4.78 is 0. The first kappa shape index (κ1) is 11.9. The van der Waals surface area contributed by atoms with E-state index < -0.39 is 6.10 Å². The number of aliphatic hydroxyl groups is 1. The molecule has 1 aromatic rings. The highest BCUT2D eigenvalue weighted by Gasteiger charge is 2.19. The lowest BCUT2D eigenvalue weighted by molar-refractivity contribution is -0.127. The van der Waals surface area contributed by atoms with Gasteiger partial charge in [-0.05, 0) is 37.5 Å². The minimum Gasteiger partial charge on any atom is -0.381 e. The highest BCUT2D eigenvalue weighted by Crippen LogP contribution is 2.24. The molecule has 0 aromatic heterocycles. The molecule has 0 bridgehead atoms. The summed E-state index contributed by atoms with van der Waals surface area (Å²) in [7, 11) is 0. The van der Waals surface area contributed by atoms with Crippen LogP contribution in [0.4, 0.5) is 0 Å². The van der Waals surface area contributed by atoms with Crippen LogP contribution in [0.25, 0.3) is 0 Å². The second kappa shape index (κ2) is 4.58. The smallest absolute Gasteiger partial charge is 0.165 e. The first-order chi connectivity index (χ1) is 6.97. The molecule has 0 fully saturated rings. The van der Waals surface area contributed by atoms with Crippen LogP contribution in [-0.4, -0.2) is 10.9 Å². The predicted octanol–water partition coefficient (Wildman–Crippen LogP) is 2.62. The molecule has 1 N–H and O–H groups in total. The predicted molar refractivity (Wildman–Crippen MR) is 60.9 cm³/mol. The fraction of sp³-hybridized carbons (Fsp3) is 0.462. The molecule has 0 aliphatic carbocycles. The average Bonchev–Trinajstić information content (AvgIpc) is 2.14. The van der Waals surface area contributed by atoms with Crippen molar-refractivity contribution in [3.63, 3.8) is 0 Å². The average molecular weight is 206 g/mol. The number of aryl methyl sites for hydroxylation is 3. The molecule has 0 spiro atoms. The molecule has 0 saturated heterocycles. The van der Waals surface area contributed by atoms with Crippen molar-refractivity contribution in [2.75, 3.05) is 0 Å². The maximum Gasteiger partial charge on any atom is 0.165 e. The van der Waals surface area contributed by atoms with Gasteiger partial charge in [-0.1, -0.05) is 24.6 Å². The number of rotatable bonds is 3. The third-order valence-electron chi connectivity index (χ3n) is 2.66. The van der Waals surface area contributed by atoms with E-state index in [4.69, 9.17) is 0 Å². The summed E-state index contributed by atoms with van der Waals surface area (Å²) in [5, 5.41) is 9.89. The quantitative estimate of drug-likeness (QED) is 0.825. The molecule has 15 heavy (non-hydrogen) atoms. The van der Waals surface area contributed by atoms with Crippen molar-refractivity contribution >= 4 is 5.78 Å². The zero-order chi connectivity index (χ0) is 11.6. The summed E-state index contributed by atoms with van der Waals surface area (Å²) in [4.78, 5) is 11.5. The summed E-state index contributed by atoms with van der Waals surface area (Å²) >= 11 is 0. The van der Waals surface area contributed by atoms with Crippen LogP contribution in [0.15, 0.2) is 12.1 Å². The van der Waals surface area contributed by atoms with Crippen molar-refractivity contribution in [3.8, 4) is 0 Å². The Morgan fingerprint density at radius 2 is 1.73 bits per heavy atom. The van der Waals surface area contributed by atoms with Crippen molar-refractivity contribution in [2.24, 2.45) is 0 Å². The summed E-state index contributed by atoms with van der Waals surface area (Å²) in [5.41, 5.74) is 3.90. The van der Waals surface area contributed by atoms with E-state index in [2.05, 4.69) is 0 Å². The Kier molecular flexibility index (Phi) is 3.64. The first-order valence-electron chi connectivity index (χ1n) is 5.26. The number of hydrogen-bond acceptors (Lipinski definition) is 2. The van der Waals surface area contributed by atoms with Gasteiger partial charge in [0.1, 0.15) is 6.10 Å². The normalized spacial score (nSPS) is 12.6. The molecule has 1 rings (SSSR count). The van der Waals surface area contributed by atoms with E-state index in [-0.39, 0.29) is 5.78 Å². The van der Waals surface area contributed by atoms with Crippen LogP contribution in [0.5, 0.6) is 0 Å². The SMILES string of the molecule is CCC(=O)C(O)c1c(C)cc(C)cc1C. The van der Waals surface area contributed by atoms with Gasteiger partial charge in [-0.15, -0.1) is 0 Å². The molecule has 0 saturated carbocycles. The Labute approximate surface area is 90.9 Å². The van der Waals surface area contributed by atoms with E-state index >= 15 is 0 Å². The summed E-state index contributed by atoms with van der Waals surface area (Å²) in [6.45, 7) is 7.64. The number of hydrogen-bond donors (Lipinski definition) is 1. The van der Waals surface area contributed by atoms with Crippen molar-refractivity contribution in [1.82, 2.24) is 0 Å². The monoisotopic (exact) mass is 206 g/mol. The van der Waals surface area contributed by atoms with E-state index in [9.17, 15) is 9.90 Å². The van der Waals surface area contributed by atoms with Crippen LogP contribution in [-0.2, 0) is 4.79 Å². The number of aliphatic hydroxyl groups excluding tert-OH is 1. The molecule has 0 amide bonds. The highest BCUT2D eigenvalue weighted by atomic mass is 16.3. The second-order valence-corrected chi connectivity index (χ2v) is 4.03. The molecule has 1 aromatic carbocycles. The third kappa shape index (κ3) is 2.45. The Bertz CT molecular complexity index is 357. The van der Waals surface area contributed by atoms with E-state index in [1.807, 2.05) is 32.9 Å². The minimum absolute atomic E-state index is 0.120. The lowest BCUT2D eigenvalue weighted by Gasteiger charge is -2.15. The molecule has 2 nitrogen and oxygen atoms in total. The molecule has 2 heteroatoms. The third-order valence-corrected chi connectivity index (χ3v) is 2.66. The maximum atomic E-state index is 11.5. The summed E-state index contributed by atoms with van der Waals surface area (Å²) in [6.07, 6.45) is -0.593. The van der Waals surface area contributed by atoms with Crippen LogP contribution in [0.1, 0.15) is 41.7 Å². The van der Waals surface area contributed by atoms with Crippen LogP contribution in [0.2, 0.25) is 0 Å². The van der Waals surface area contributed by atoms with Gasteiger partial charge in [0.25, 0.3) is 0 Å². The fourth-order valence-corrected chi connectivity index (χ4v) is 1.98. The molecular formula is C13H18O2. The molecule has 0 radical (unpaired) electrons. The maximum absolute atomic E-state index is 11.5. The van der Waals surface area contributed by atoms with Crippen LogP contribution >= 0.6 is 0 Å². The van der Waals surface area contributed by atoms with Crippen LogP contribution in [0, 0.1) is 20.8 Å². The molecule has 1 atom stereocenters. The zero-order valence-electron chi connectivity index (χ0n) is 9.79. The van der Waals surface area contributed by atoms with Gasteiger partial charge in [-0.3, -0.25) is 4.79 Å². The molecule has 0 aliphatic heterocycles. The summed E-state index contributed by atoms with van der Waals surface area (Å²) in [5.74, 6) is -0.120. The van der Waals surface area contributed by atoms with Gasteiger partial charge in [-0.2, -0.15) is 0 Å². The molecule has 82 valence electrons. The summed E-state index contributed by atoms with van der Waals surface area (Å²) in [6, 6.07) is 3.99. The number of carbonyl (C=O) groups excluding carboxylic acids is 1. The van der Waals surface area contributed by atoms with Crippen LogP contribution in [0.3, 0.4) is 0 Å². The van der Waals surface area contributed by atoms with Gasteiger partial charge in [0.05, 0.1) is 0 Å². The fourth-order valence-electron chi connectivity index (χ4n) is 1.98.